The summed E-state index contributed by atoms with van der Waals surface area (Å²) in [4.78, 5) is 21.9. The number of rotatable bonds is 6. The Labute approximate surface area is 115 Å². The maximum absolute atomic E-state index is 11.5. The van der Waals surface area contributed by atoms with Gasteiger partial charge in [-0.1, -0.05) is 0 Å². The van der Waals surface area contributed by atoms with E-state index in [1.54, 1.807) is 19.2 Å². The van der Waals surface area contributed by atoms with Crippen LogP contribution in [-0.4, -0.2) is 31.3 Å². The van der Waals surface area contributed by atoms with Gasteiger partial charge >= 0.3 is 11.6 Å². The maximum atomic E-state index is 11.5. The zero-order chi connectivity index (χ0) is 14.5. The van der Waals surface area contributed by atoms with Crippen LogP contribution in [0.15, 0.2) is 33.5 Å². The molecule has 20 heavy (non-hydrogen) atoms. The van der Waals surface area contributed by atoms with Gasteiger partial charge in [-0.25, -0.2) is 4.79 Å². The van der Waals surface area contributed by atoms with Crippen LogP contribution in [0.1, 0.15) is 5.56 Å². The summed E-state index contributed by atoms with van der Waals surface area (Å²) in [5, 5.41) is 12.1. The lowest BCUT2D eigenvalue weighted by molar-refractivity contribution is -0.135. The van der Waals surface area contributed by atoms with E-state index >= 15 is 0 Å². The second-order valence-corrected chi connectivity index (χ2v) is 4.27. The van der Waals surface area contributed by atoms with E-state index < -0.39 is 11.6 Å². The first-order valence-electron chi connectivity index (χ1n) is 6.13. The molecule has 0 amide bonds. The fraction of sp³-hybridized carbons (Fsp3) is 0.286. The quantitative estimate of drug-likeness (QED) is 0.605. The molecule has 0 saturated heterocycles. The summed E-state index contributed by atoms with van der Waals surface area (Å²) in [6.07, 6.45) is 0.543. The van der Waals surface area contributed by atoms with Gasteiger partial charge in [-0.15, -0.1) is 0 Å². The number of methoxy groups -OCH3 is 1. The van der Waals surface area contributed by atoms with Crippen LogP contribution in [0.4, 0.5) is 0 Å². The number of carbonyl (C=O) groups is 1. The molecular formula is C14H15NO5. The molecule has 2 aromatic rings. The van der Waals surface area contributed by atoms with Crippen molar-refractivity contribution in [2.45, 2.75) is 6.42 Å². The van der Waals surface area contributed by atoms with Gasteiger partial charge in [0.05, 0.1) is 13.7 Å². The molecule has 1 heterocycles. The Bertz CT molecular complexity index is 677. The number of hydrogen-bond donors (Lipinski definition) is 2. The van der Waals surface area contributed by atoms with Crippen molar-refractivity contribution in [3.8, 4) is 5.75 Å². The predicted octanol–water partition coefficient (Wildman–Crippen LogP) is 1.02. The van der Waals surface area contributed by atoms with Crippen LogP contribution >= 0.6 is 0 Å². The number of carboxylic acid groups (broad SMARTS) is 1. The molecular weight excluding hydrogens is 262 g/mol. The topological polar surface area (TPSA) is 88.8 Å². The van der Waals surface area contributed by atoms with E-state index in [0.717, 1.165) is 10.9 Å². The van der Waals surface area contributed by atoms with Crippen LogP contribution in [0, 0.1) is 0 Å². The Kier molecular flexibility index (Phi) is 4.37. The van der Waals surface area contributed by atoms with Crippen LogP contribution in [0.3, 0.4) is 0 Å². The van der Waals surface area contributed by atoms with E-state index in [9.17, 15) is 9.59 Å². The van der Waals surface area contributed by atoms with Gasteiger partial charge in [0.25, 0.3) is 0 Å². The van der Waals surface area contributed by atoms with Gasteiger partial charge in [-0.3, -0.25) is 4.79 Å². The highest BCUT2D eigenvalue weighted by Crippen LogP contribution is 2.22. The zero-order valence-corrected chi connectivity index (χ0v) is 11.0. The molecule has 0 radical (unpaired) electrons. The maximum Gasteiger partial charge on any atom is 0.336 e. The minimum Gasteiger partial charge on any atom is -0.497 e. The first-order chi connectivity index (χ1) is 9.60. The Morgan fingerprint density at radius 1 is 1.40 bits per heavy atom. The molecule has 2 rings (SSSR count). The Balaban J connectivity index is 2.23. The number of ether oxygens (including phenoxy) is 1. The summed E-state index contributed by atoms with van der Waals surface area (Å²) in [5.74, 6) is -0.297. The Morgan fingerprint density at radius 3 is 2.90 bits per heavy atom. The SMILES string of the molecule is COc1ccc2c(CCNCC(=O)O)cc(=O)oc2c1. The average Bonchev–Trinajstić information content (AvgIpc) is 2.42. The summed E-state index contributed by atoms with van der Waals surface area (Å²) >= 11 is 0. The molecule has 6 heteroatoms. The van der Waals surface area contributed by atoms with Gasteiger partial charge in [0.2, 0.25) is 0 Å². The van der Waals surface area contributed by atoms with Crippen molar-refractivity contribution in [1.29, 1.82) is 0 Å². The highest BCUT2D eigenvalue weighted by Gasteiger charge is 2.07. The standard InChI is InChI=1S/C14H15NO5/c1-19-10-2-3-11-9(4-5-15-8-13(16)17)6-14(18)20-12(11)7-10/h2-3,6-7,15H,4-5,8H2,1H3,(H,16,17). The smallest absolute Gasteiger partial charge is 0.336 e. The summed E-state index contributed by atoms with van der Waals surface area (Å²) < 4.78 is 10.2. The number of nitrogens with one attached hydrogen (secondary N) is 1. The minimum atomic E-state index is -0.910. The second-order valence-electron chi connectivity index (χ2n) is 4.27. The summed E-state index contributed by atoms with van der Waals surface area (Å²) in [7, 11) is 1.54. The first kappa shape index (κ1) is 14.1. The number of hydrogen-bond acceptors (Lipinski definition) is 5. The molecule has 6 nitrogen and oxygen atoms in total. The van der Waals surface area contributed by atoms with Crippen molar-refractivity contribution in [3.05, 3.63) is 40.2 Å². The zero-order valence-electron chi connectivity index (χ0n) is 11.0. The van der Waals surface area contributed by atoms with E-state index in [0.29, 0.717) is 24.3 Å². The van der Waals surface area contributed by atoms with Crippen LogP contribution in [0.25, 0.3) is 11.0 Å². The number of aliphatic carboxylic acids is 1. The molecule has 0 aliphatic carbocycles. The monoisotopic (exact) mass is 277 g/mol. The molecule has 0 aliphatic rings. The van der Waals surface area contributed by atoms with Gasteiger partial charge < -0.3 is 19.6 Å². The number of fused-ring (bicyclic) bond motifs is 1. The molecule has 0 aliphatic heterocycles. The lowest BCUT2D eigenvalue weighted by Gasteiger charge is -2.07. The summed E-state index contributed by atoms with van der Waals surface area (Å²) in [6, 6.07) is 6.70. The molecule has 106 valence electrons. The molecule has 0 spiro atoms. The van der Waals surface area contributed by atoms with Crippen LogP contribution < -0.4 is 15.7 Å². The van der Waals surface area contributed by atoms with Gasteiger partial charge in [-0.2, -0.15) is 0 Å². The van der Waals surface area contributed by atoms with Crippen LogP contribution in [0.2, 0.25) is 0 Å². The van der Waals surface area contributed by atoms with Crippen molar-refractivity contribution >= 4 is 16.9 Å². The fourth-order valence-corrected chi connectivity index (χ4v) is 1.96. The molecule has 0 atom stereocenters. The summed E-state index contributed by atoms with van der Waals surface area (Å²) in [6.45, 7) is 0.365. The third-order valence-corrected chi connectivity index (χ3v) is 2.88. The average molecular weight is 277 g/mol. The van der Waals surface area contributed by atoms with E-state index in [4.69, 9.17) is 14.3 Å². The highest BCUT2D eigenvalue weighted by molar-refractivity contribution is 5.81. The van der Waals surface area contributed by atoms with Gasteiger partial charge in [0.15, 0.2) is 0 Å². The van der Waals surface area contributed by atoms with Gasteiger partial charge in [-0.05, 0) is 30.7 Å². The van der Waals surface area contributed by atoms with E-state index in [2.05, 4.69) is 5.32 Å². The number of carboxylic acids is 1. The molecule has 0 fully saturated rings. The first-order valence-corrected chi connectivity index (χ1v) is 6.13. The molecule has 2 N–H and O–H groups in total. The number of benzene rings is 1. The van der Waals surface area contributed by atoms with Crippen LogP contribution in [0.5, 0.6) is 5.75 Å². The molecule has 0 bridgehead atoms. The Hall–Kier alpha value is -2.34. The normalized spacial score (nSPS) is 10.7. The van der Waals surface area contributed by atoms with E-state index in [1.165, 1.54) is 6.07 Å². The van der Waals surface area contributed by atoms with E-state index in [-0.39, 0.29) is 6.54 Å². The largest absolute Gasteiger partial charge is 0.497 e. The fourth-order valence-electron chi connectivity index (χ4n) is 1.96. The predicted molar refractivity (Wildman–Crippen MR) is 73.2 cm³/mol. The van der Waals surface area contributed by atoms with Crippen molar-refractivity contribution in [3.63, 3.8) is 0 Å². The lowest BCUT2D eigenvalue weighted by atomic mass is 10.1. The molecule has 0 unspecified atom stereocenters. The molecule has 0 saturated carbocycles. The van der Waals surface area contributed by atoms with E-state index in [1.807, 2.05) is 6.07 Å². The minimum absolute atomic E-state index is 0.104. The van der Waals surface area contributed by atoms with Gasteiger partial charge in [0.1, 0.15) is 11.3 Å². The van der Waals surface area contributed by atoms with Gasteiger partial charge in [0, 0.05) is 17.5 Å². The Morgan fingerprint density at radius 2 is 2.20 bits per heavy atom. The lowest BCUT2D eigenvalue weighted by Crippen LogP contribution is -2.24. The third-order valence-electron chi connectivity index (χ3n) is 2.88. The van der Waals surface area contributed by atoms with Crippen molar-refractivity contribution in [1.82, 2.24) is 5.32 Å². The van der Waals surface area contributed by atoms with Crippen LogP contribution in [-0.2, 0) is 11.2 Å². The van der Waals surface area contributed by atoms with Crippen molar-refractivity contribution in [2.75, 3.05) is 20.2 Å². The third kappa shape index (κ3) is 3.36. The molecule has 1 aromatic heterocycles. The molecule has 1 aromatic carbocycles. The highest BCUT2D eigenvalue weighted by atomic mass is 16.5. The summed E-state index contributed by atoms with van der Waals surface area (Å²) in [5.41, 5.74) is 0.848. The van der Waals surface area contributed by atoms with Crippen molar-refractivity contribution < 1.29 is 19.1 Å². The van der Waals surface area contributed by atoms with Crippen molar-refractivity contribution in [2.24, 2.45) is 0 Å². The second kappa shape index (κ2) is 6.21.